The van der Waals surface area contributed by atoms with E-state index in [1.807, 2.05) is 26.0 Å². The Hall–Kier alpha value is -1.55. The van der Waals surface area contributed by atoms with Crippen LogP contribution in [0.25, 0.3) is 0 Å². The molecule has 0 aromatic heterocycles. The summed E-state index contributed by atoms with van der Waals surface area (Å²) in [6.45, 7) is 6.12. The number of rotatable bonds is 4. The van der Waals surface area contributed by atoms with Crippen LogP contribution in [0, 0.1) is 20.8 Å². The van der Waals surface area contributed by atoms with Gasteiger partial charge in [0.25, 0.3) is 5.91 Å². The van der Waals surface area contributed by atoms with Crippen LogP contribution in [0.1, 0.15) is 16.7 Å². The van der Waals surface area contributed by atoms with Crippen molar-refractivity contribution in [2.24, 2.45) is 0 Å². The maximum atomic E-state index is 11.5. The highest BCUT2D eigenvalue weighted by atomic mass is 16.7. The molecule has 0 N–H and O–H groups in total. The monoisotopic (exact) mass is 237 g/mol. The lowest BCUT2D eigenvalue weighted by Gasteiger charge is -2.18. The van der Waals surface area contributed by atoms with Crippen molar-refractivity contribution in [2.75, 3.05) is 20.8 Å². The molecule has 0 unspecified atom stereocenters. The van der Waals surface area contributed by atoms with Crippen LogP contribution >= 0.6 is 0 Å². The summed E-state index contributed by atoms with van der Waals surface area (Å²) in [6, 6.07) is 3.83. The fourth-order valence-electron chi connectivity index (χ4n) is 1.47. The Labute approximate surface area is 102 Å². The van der Waals surface area contributed by atoms with Gasteiger partial charge >= 0.3 is 0 Å². The third kappa shape index (κ3) is 3.46. The Morgan fingerprint density at radius 2 is 1.76 bits per heavy atom. The van der Waals surface area contributed by atoms with Crippen molar-refractivity contribution < 1.29 is 14.4 Å². The number of amides is 1. The third-order valence-electron chi connectivity index (χ3n) is 2.76. The van der Waals surface area contributed by atoms with E-state index in [0.29, 0.717) is 5.75 Å². The summed E-state index contributed by atoms with van der Waals surface area (Å²) in [5, 5.41) is 1.19. The highest BCUT2D eigenvalue weighted by molar-refractivity contribution is 5.76. The topological polar surface area (TPSA) is 38.8 Å². The van der Waals surface area contributed by atoms with Crippen LogP contribution in [0.3, 0.4) is 0 Å². The van der Waals surface area contributed by atoms with Crippen LogP contribution in [-0.2, 0) is 9.53 Å². The molecule has 0 spiro atoms. The molecule has 1 rings (SSSR count). The molecule has 0 aliphatic rings. The van der Waals surface area contributed by atoms with Crippen LogP contribution in [0.4, 0.5) is 0 Å². The van der Waals surface area contributed by atoms with Gasteiger partial charge in [0.15, 0.2) is 5.75 Å². The molecule has 17 heavy (non-hydrogen) atoms. The Kier molecular flexibility index (Phi) is 4.52. The second kappa shape index (κ2) is 5.68. The van der Waals surface area contributed by atoms with Gasteiger partial charge in [-0.25, -0.2) is 0 Å². The van der Waals surface area contributed by atoms with Gasteiger partial charge in [-0.2, -0.15) is 5.06 Å². The summed E-state index contributed by atoms with van der Waals surface area (Å²) in [5.74, 6) is 0.445. The van der Waals surface area contributed by atoms with E-state index < -0.39 is 0 Å². The molecule has 1 aromatic carbocycles. The lowest BCUT2D eigenvalue weighted by Crippen LogP contribution is -2.33. The number of hydrogen-bond acceptors (Lipinski definition) is 3. The van der Waals surface area contributed by atoms with E-state index in [1.165, 1.54) is 17.7 Å². The van der Waals surface area contributed by atoms with E-state index in [1.54, 1.807) is 7.05 Å². The average Bonchev–Trinajstić information content (AvgIpc) is 2.26. The van der Waals surface area contributed by atoms with Crippen molar-refractivity contribution in [1.82, 2.24) is 5.06 Å². The van der Waals surface area contributed by atoms with Gasteiger partial charge < -0.3 is 9.57 Å². The fraction of sp³-hybridized carbons (Fsp3) is 0.462. The number of hydroxylamine groups is 2. The zero-order valence-corrected chi connectivity index (χ0v) is 11.0. The SMILES string of the molecule is COCC(=O)N(C)Oc1cc(C)c(C)c(C)c1. The Balaban J connectivity index is 2.78. The normalized spacial score (nSPS) is 10.2. The van der Waals surface area contributed by atoms with E-state index in [2.05, 4.69) is 6.92 Å². The van der Waals surface area contributed by atoms with E-state index in [-0.39, 0.29) is 12.5 Å². The molecule has 94 valence electrons. The number of aryl methyl sites for hydroxylation is 2. The summed E-state index contributed by atoms with van der Waals surface area (Å²) in [6.07, 6.45) is 0. The number of nitrogens with zero attached hydrogens (tertiary/aromatic N) is 1. The molecule has 0 fully saturated rings. The zero-order valence-electron chi connectivity index (χ0n) is 11.0. The van der Waals surface area contributed by atoms with Crippen LogP contribution in [0.15, 0.2) is 12.1 Å². The third-order valence-corrected chi connectivity index (χ3v) is 2.76. The highest BCUT2D eigenvalue weighted by Gasteiger charge is 2.11. The molecule has 1 amide bonds. The molecule has 0 atom stereocenters. The first kappa shape index (κ1) is 13.5. The van der Waals surface area contributed by atoms with E-state index in [9.17, 15) is 4.79 Å². The number of likely N-dealkylation sites (N-methyl/N-ethyl adjacent to an activating group) is 1. The van der Waals surface area contributed by atoms with Crippen molar-refractivity contribution in [1.29, 1.82) is 0 Å². The molecular formula is C13H19NO3. The predicted molar refractivity (Wildman–Crippen MR) is 65.9 cm³/mol. The van der Waals surface area contributed by atoms with Crippen molar-refractivity contribution in [3.8, 4) is 5.75 Å². The zero-order chi connectivity index (χ0) is 13.0. The predicted octanol–water partition coefficient (Wildman–Crippen LogP) is 2.01. The summed E-state index contributed by atoms with van der Waals surface area (Å²) in [7, 11) is 3.05. The van der Waals surface area contributed by atoms with Crippen LogP contribution in [0.2, 0.25) is 0 Å². The van der Waals surface area contributed by atoms with Crippen molar-refractivity contribution in [3.63, 3.8) is 0 Å². The molecule has 0 bridgehead atoms. The van der Waals surface area contributed by atoms with Gasteiger partial charge in [0, 0.05) is 14.2 Å². The van der Waals surface area contributed by atoms with E-state index in [4.69, 9.17) is 9.57 Å². The number of benzene rings is 1. The largest absolute Gasteiger partial charge is 0.377 e. The van der Waals surface area contributed by atoms with Gasteiger partial charge in [-0.1, -0.05) is 0 Å². The molecule has 0 saturated heterocycles. The molecule has 0 aliphatic heterocycles. The Morgan fingerprint density at radius 3 is 2.24 bits per heavy atom. The van der Waals surface area contributed by atoms with Crippen molar-refractivity contribution in [2.45, 2.75) is 20.8 Å². The van der Waals surface area contributed by atoms with Gasteiger partial charge in [-0.15, -0.1) is 0 Å². The number of carbonyl (C=O) groups is 1. The Morgan fingerprint density at radius 1 is 1.24 bits per heavy atom. The lowest BCUT2D eigenvalue weighted by atomic mass is 10.0. The molecule has 0 aliphatic carbocycles. The molecule has 0 heterocycles. The molecule has 0 radical (unpaired) electrons. The first-order valence-corrected chi connectivity index (χ1v) is 5.47. The summed E-state index contributed by atoms with van der Waals surface area (Å²) >= 11 is 0. The maximum absolute atomic E-state index is 11.5. The van der Waals surface area contributed by atoms with Crippen LogP contribution < -0.4 is 4.84 Å². The summed E-state index contributed by atoms with van der Waals surface area (Å²) < 4.78 is 4.76. The smallest absolute Gasteiger partial charge is 0.280 e. The Bertz CT molecular complexity index is 392. The van der Waals surface area contributed by atoms with Crippen molar-refractivity contribution in [3.05, 3.63) is 28.8 Å². The quantitative estimate of drug-likeness (QED) is 0.752. The molecular weight excluding hydrogens is 218 g/mol. The minimum atomic E-state index is -0.219. The standard InChI is InChI=1S/C13H19NO3/c1-9-6-12(7-10(2)11(9)3)17-14(4)13(15)8-16-5/h6-7H,8H2,1-5H3. The molecule has 4 heteroatoms. The average molecular weight is 237 g/mol. The maximum Gasteiger partial charge on any atom is 0.280 e. The van der Waals surface area contributed by atoms with Crippen LogP contribution in [-0.4, -0.2) is 31.7 Å². The minimum Gasteiger partial charge on any atom is -0.377 e. The van der Waals surface area contributed by atoms with E-state index >= 15 is 0 Å². The fourth-order valence-corrected chi connectivity index (χ4v) is 1.47. The molecule has 1 aromatic rings. The summed E-state index contributed by atoms with van der Waals surface area (Å²) in [4.78, 5) is 16.9. The highest BCUT2D eigenvalue weighted by Crippen LogP contribution is 2.21. The van der Waals surface area contributed by atoms with Gasteiger partial charge in [0.05, 0.1) is 0 Å². The second-order valence-electron chi connectivity index (χ2n) is 4.10. The number of hydrogen-bond donors (Lipinski definition) is 0. The number of methoxy groups -OCH3 is 1. The summed E-state index contributed by atoms with van der Waals surface area (Å²) in [5.41, 5.74) is 3.53. The van der Waals surface area contributed by atoms with Gasteiger partial charge in [-0.3, -0.25) is 4.79 Å². The second-order valence-corrected chi connectivity index (χ2v) is 4.10. The lowest BCUT2D eigenvalue weighted by molar-refractivity contribution is -0.156. The van der Waals surface area contributed by atoms with Crippen molar-refractivity contribution >= 4 is 5.91 Å². The van der Waals surface area contributed by atoms with Gasteiger partial charge in [-0.05, 0) is 49.6 Å². The van der Waals surface area contributed by atoms with Gasteiger partial charge in [0.1, 0.15) is 6.61 Å². The first-order chi connectivity index (χ1) is 7.95. The molecule has 0 saturated carbocycles. The van der Waals surface area contributed by atoms with Crippen LogP contribution in [0.5, 0.6) is 5.75 Å². The minimum absolute atomic E-state index is 0.0142. The number of carbonyl (C=O) groups excluding carboxylic acids is 1. The van der Waals surface area contributed by atoms with Gasteiger partial charge in [0.2, 0.25) is 0 Å². The first-order valence-electron chi connectivity index (χ1n) is 5.47. The molecule has 4 nitrogen and oxygen atoms in total. The van der Waals surface area contributed by atoms with E-state index in [0.717, 1.165) is 11.1 Å². The number of ether oxygens (including phenoxy) is 1.